The second-order valence-electron chi connectivity index (χ2n) is 13.8. The number of aromatic nitrogens is 4. The van der Waals surface area contributed by atoms with Gasteiger partial charge in [0.15, 0.2) is 11.4 Å². The largest absolute Gasteiger partial charge is 0.444 e. The van der Waals surface area contributed by atoms with Crippen LogP contribution in [0.2, 0.25) is 0 Å². The molecule has 7 amide bonds. The molecule has 0 saturated carbocycles. The molecule has 5 aromatic rings. The van der Waals surface area contributed by atoms with Crippen LogP contribution in [0.3, 0.4) is 0 Å². The van der Waals surface area contributed by atoms with Gasteiger partial charge in [0.1, 0.15) is 24.7 Å². The minimum atomic E-state index is -4.47. The molecular formula is C41H34F3N11O8. The van der Waals surface area contributed by atoms with Crippen LogP contribution in [-0.2, 0) is 9.59 Å². The molecule has 0 bridgehead atoms. The predicted octanol–water partition coefficient (Wildman–Crippen LogP) is 3.27. The van der Waals surface area contributed by atoms with E-state index in [9.17, 15) is 46.7 Å². The number of halogens is 3. The molecule has 1 saturated heterocycles. The number of pyridine rings is 1. The van der Waals surface area contributed by atoms with Gasteiger partial charge in [-0.15, -0.1) is 11.8 Å². The van der Waals surface area contributed by atoms with Crippen molar-refractivity contribution in [3.8, 4) is 29.0 Å². The number of benzene rings is 2. The van der Waals surface area contributed by atoms with E-state index in [4.69, 9.17) is 10.2 Å². The molecule has 0 spiro atoms. The number of anilines is 3. The van der Waals surface area contributed by atoms with Crippen LogP contribution in [0.4, 0.5) is 30.4 Å². The Hall–Kier alpha value is -8.35. The van der Waals surface area contributed by atoms with Crippen LogP contribution in [-0.4, -0.2) is 97.9 Å². The van der Waals surface area contributed by atoms with Crippen LogP contribution in [0.5, 0.6) is 0 Å². The Morgan fingerprint density at radius 3 is 2.43 bits per heavy atom. The maximum Gasteiger partial charge on any atom is 0.405 e. The second kappa shape index (κ2) is 18.1. The maximum absolute atomic E-state index is 13.3. The monoisotopic (exact) mass is 865 g/mol. The van der Waals surface area contributed by atoms with Crippen LogP contribution in [0.15, 0.2) is 77.7 Å². The number of imide groups is 2. The van der Waals surface area contributed by atoms with E-state index in [2.05, 4.69) is 53.5 Å². The number of rotatable bonds is 14. The normalized spacial score (nSPS) is 14.7. The summed E-state index contributed by atoms with van der Waals surface area (Å²) in [5.41, 5.74) is 6.64. The van der Waals surface area contributed by atoms with Crippen molar-refractivity contribution in [1.29, 1.82) is 0 Å². The highest BCUT2D eigenvalue weighted by atomic mass is 19.4. The third-order valence-corrected chi connectivity index (χ3v) is 9.50. The molecule has 1 atom stereocenters. The first-order chi connectivity index (χ1) is 30.2. The van der Waals surface area contributed by atoms with Crippen molar-refractivity contribution < 1.29 is 51.2 Å². The molecular weight excluding hydrogens is 832 g/mol. The van der Waals surface area contributed by atoms with Gasteiger partial charge in [0, 0.05) is 55.4 Å². The van der Waals surface area contributed by atoms with Gasteiger partial charge in [0.25, 0.3) is 29.5 Å². The SMILES string of the molecule is NC(=O)c1nn(-c2ccc(C(=O)NCCC#CCCNc3cccc4c3C(=O)N(C3CCC(=O)NC3=O)C4=O)cc2)cc1NC(=O)c1coc(-c2ccnc(NCC(F)(F)F)c2)n1. The number of nitrogens with zero attached hydrogens (tertiary/aromatic N) is 5. The molecule has 0 aliphatic carbocycles. The van der Waals surface area contributed by atoms with Crippen molar-refractivity contribution >= 4 is 58.5 Å². The summed E-state index contributed by atoms with van der Waals surface area (Å²) in [6.45, 7) is -0.739. The van der Waals surface area contributed by atoms with Crippen LogP contribution >= 0.6 is 0 Å². The van der Waals surface area contributed by atoms with Gasteiger partial charge in [0.05, 0.1) is 28.7 Å². The molecule has 7 rings (SSSR count). The second-order valence-corrected chi connectivity index (χ2v) is 13.8. The fourth-order valence-corrected chi connectivity index (χ4v) is 6.53. The van der Waals surface area contributed by atoms with Gasteiger partial charge in [-0.3, -0.25) is 43.8 Å². The number of oxazole rings is 1. The van der Waals surface area contributed by atoms with Gasteiger partial charge >= 0.3 is 6.18 Å². The number of primary amides is 1. The molecule has 0 radical (unpaired) electrons. The van der Waals surface area contributed by atoms with Crippen molar-refractivity contribution in [3.05, 3.63) is 101 Å². The fourth-order valence-electron chi connectivity index (χ4n) is 6.53. The Morgan fingerprint density at radius 2 is 1.70 bits per heavy atom. The zero-order valence-electron chi connectivity index (χ0n) is 32.7. The van der Waals surface area contributed by atoms with Gasteiger partial charge in [0.2, 0.25) is 17.7 Å². The van der Waals surface area contributed by atoms with Crippen molar-refractivity contribution in [1.82, 2.24) is 35.3 Å². The van der Waals surface area contributed by atoms with E-state index >= 15 is 0 Å². The molecule has 7 N–H and O–H groups in total. The summed E-state index contributed by atoms with van der Waals surface area (Å²) in [6, 6.07) is 12.6. The Kier molecular flexibility index (Phi) is 12.3. The Bertz CT molecular complexity index is 2720. The molecule has 19 nitrogen and oxygen atoms in total. The van der Waals surface area contributed by atoms with Crippen LogP contribution in [0, 0.1) is 11.8 Å². The standard InChI is InChI=1S/C41H34F3N11O8/c42-41(43,44)21-49-30-18-23(14-17-47-30)38-51-28(20-63-38)36(59)50-27-19-54(53-33(27)34(45)57)24-10-8-22(9-11-24)35(58)48-16-4-2-1-3-15-46-26-7-5-6-25-32(26)40(62)55(39(25)61)29-12-13-31(56)52-37(29)60/h5-11,14,17-20,29,46H,3-4,12-13,15-16,21H2,(H2,45,57)(H,47,49)(H,48,58)(H,50,59)(H,52,56,60). The third-order valence-electron chi connectivity index (χ3n) is 9.50. The van der Waals surface area contributed by atoms with Crippen molar-refractivity contribution in [2.24, 2.45) is 5.73 Å². The van der Waals surface area contributed by atoms with E-state index in [0.717, 1.165) is 11.2 Å². The first kappa shape index (κ1) is 42.8. The predicted molar refractivity (Wildman–Crippen MR) is 215 cm³/mol. The summed E-state index contributed by atoms with van der Waals surface area (Å²) in [4.78, 5) is 97.1. The van der Waals surface area contributed by atoms with Gasteiger partial charge in [-0.25, -0.2) is 14.6 Å². The number of hydrogen-bond donors (Lipinski definition) is 6. The number of carbonyl (C=O) groups excluding carboxylic acids is 7. The van der Waals surface area contributed by atoms with Gasteiger partial charge < -0.3 is 31.4 Å². The molecule has 22 heteroatoms. The zero-order chi connectivity index (χ0) is 44.8. The number of hydrogen-bond acceptors (Lipinski definition) is 13. The molecule has 322 valence electrons. The Morgan fingerprint density at radius 1 is 0.937 bits per heavy atom. The minimum Gasteiger partial charge on any atom is -0.444 e. The number of nitrogens with one attached hydrogen (secondary N) is 5. The molecule has 63 heavy (non-hydrogen) atoms. The summed E-state index contributed by atoms with van der Waals surface area (Å²) in [5.74, 6) is 1.27. The van der Waals surface area contributed by atoms with Crippen LogP contribution in [0.25, 0.3) is 17.1 Å². The summed E-state index contributed by atoms with van der Waals surface area (Å²) in [7, 11) is 0. The van der Waals surface area contributed by atoms with E-state index in [1.54, 1.807) is 24.3 Å². The number of piperidine rings is 1. The molecule has 2 aliphatic heterocycles. The summed E-state index contributed by atoms with van der Waals surface area (Å²) >= 11 is 0. The first-order valence-electron chi connectivity index (χ1n) is 19.0. The number of alkyl halides is 3. The summed E-state index contributed by atoms with van der Waals surface area (Å²) in [6.07, 6.45) is -0.0991. The van der Waals surface area contributed by atoms with E-state index in [1.807, 2.05) is 0 Å². The van der Waals surface area contributed by atoms with Gasteiger partial charge in [-0.2, -0.15) is 18.3 Å². The average molecular weight is 866 g/mol. The highest BCUT2D eigenvalue weighted by Gasteiger charge is 2.45. The van der Waals surface area contributed by atoms with Crippen molar-refractivity contribution in [2.75, 3.05) is 35.6 Å². The lowest BCUT2D eigenvalue weighted by Crippen LogP contribution is -2.54. The third kappa shape index (κ3) is 9.83. The minimum absolute atomic E-state index is 0.0187. The molecule has 5 heterocycles. The maximum atomic E-state index is 13.3. The quantitative estimate of drug-likeness (QED) is 0.0533. The number of fused-ring (bicyclic) bond motifs is 1. The zero-order valence-corrected chi connectivity index (χ0v) is 32.7. The number of carbonyl (C=O) groups is 7. The topological polar surface area (TPSA) is 266 Å². The molecule has 2 aliphatic rings. The first-order valence-corrected chi connectivity index (χ1v) is 19.0. The highest BCUT2D eigenvalue weighted by Crippen LogP contribution is 2.32. The molecule has 1 fully saturated rings. The number of amides is 7. The van der Waals surface area contributed by atoms with Gasteiger partial charge in [-0.05, 0) is 55.0 Å². The smallest absolute Gasteiger partial charge is 0.405 e. The molecule has 3 aromatic heterocycles. The van der Waals surface area contributed by atoms with E-state index in [0.29, 0.717) is 36.3 Å². The van der Waals surface area contributed by atoms with Gasteiger partial charge in [-0.1, -0.05) is 6.07 Å². The van der Waals surface area contributed by atoms with Crippen molar-refractivity contribution in [2.45, 2.75) is 37.9 Å². The Labute approximate surface area is 354 Å². The summed E-state index contributed by atoms with van der Waals surface area (Å²) < 4.78 is 44.4. The van der Waals surface area contributed by atoms with Crippen molar-refractivity contribution in [3.63, 3.8) is 0 Å². The lowest BCUT2D eigenvalue weighted by molar-refractivity contribution is -0.136. The van der Waals surface area contributed by atoms with Crippen LogP contribution in [0.1, 0.15) is 77.7 Å². The lowest BCUT2D eigenvalue weighted by Gasteiger charge is -2.27. The fraction of sp³-hybridized carbons (Fsp3) is 0.220. The Balaban J connectivity index is 0.880. The van der Waals surface area contributed by atoms with Crippen LogP contribution < -0.4 is 32.3 Å². The summed E-state index contributed by atoms with van der Waals surface area (Å²) in [5, 5.41) is 16.9. The average Bonchev–Trinajstić information content (AvgIpc) is 3.98. The highest BCUT2D eigenvalue weighted by molar-refractivity contribution is 6.25. The van der Waals surface area contributed by atoms with E-state index in [1.165, 1.54) is 47.4 Å². The van der Waals surface area contributed by atoms with E-state index in [-0.39, 0.29) is 70.8 Å². The van der Waals surface area contributed by atoms with E-state index < -0.39 is 54.2 Å². The molecule has 1 unspecified atom stereocenters. The number of nitrogens with two attached hydrogens (primary N) is 1. The molecule has 2 aromatic carbocycles. The lowest BCUT2D eigenvalue weighted by atomic mass is 10.0.